The van der Waals surface area contributed by atoms with E-state index in [1.165, 1.54) is 0 Å². The molecule has 1 N–H and O–H groups in total. The molecule has 0 bridgehead atoms. The van der Waals surface area contributed by atoms with Crippen LogP contribution < -0.4 is 10.1 Å². The number of ether oxygens (including phenoxy) is 1. The highest BCUT2D eigenvalue weighted by atomic mass is 79.9. The number of carbonyl (C=O) groups excluding carboxylic acids is 2. The van der Waals surface area contributed by atoms with Crippen molar-refractivity contribution in [1.29, 1.82) is 0 Å². The molecule has 0 fully saturated rings. The predicted molar refractivity (Wildman–Crippen MR) is 126 cm³/mol. The molecule has 2 rings (SSSR count). The monoisotopic (exact) mass is 493 g/mol. The number of anilines is 1. The highest BCUT2D eigenvalue weighted by Gasteiger charge is 2.19. The van der Waals surface area contributed by atoms with E-state index in [0.717, 1.165) is 15.1 Å². The first-order valence-electron chi connectivity index (χ1n) is 9.74. The summed E-state index contributed by atoms with van der Waals surface area (Å²) < 4.78 is 6.31. The van der Waals surface area contributed by atoms with Crippen molar-refractivity contribution in [3.8, 4) is 5.75 Å². The maximum Gasteiger partial charge on any atom is 0.238 e. The second-order valence-corrected chi connectivity index (χ2v) is 9.28. The molecular weight excluding hydrogens is 466 g/mol. The number of methoxy groups -OCH3 is 1. The van der Waals surface area contributed by atoms with Crippen molar-refractivity contribution in [2.24, 2.45) is 0 Å². The summed E-state index contributed by atoms with van der Waals surface area (Å²) in [4.78, 5) is 30.2. The molecule has 0 spiro atoms. The zero-order valence-corrected chi connectivity index (χ0v) is 19.8. The lowest BCUT2D eigenvalue weighted by Crippen LogP contribution is -2.43. The topological polar surface area (TPSA) is 61.9 Å². The number of benzene rings is 1. The summed E-state index contributed by atoms with van der Waals surface area (Å²) in [5.74, 6) is 0.388. The third kappa shape index (κ3) is 7.59. The van der Waals surface area contributed by atoms with Gasteiger partial charge in [-0.05, 0) is 53.2 Å². The normalized spacial score (nSPS) is 10.7. The van der Waals surface area contributed by atoms with Crippen LogP contribution in [0.25, 0.3) is 0 Å². The van der Waals surface area contributed by atoms with Crippen molar-refractivity contribution in [2.45, 2.75) is 19.9 Å². The van der Waals surface area contributed by atoms with Crippen LogP contribution in [0, 0.1) is 0 Å². The van der Waals surface area contributed by atoms with E-state index < -0.39 is 0 Å². The molecule has 0 saturated carbocycles. The van der Waals surface area contributed by atoms with Gasteiger partial charge in [0.05, 0.1) is 36.2 Å². The van der Waals surface area contributed by atoms with Gasteiger partial charge >= 0.3 is 0 Å². The fourth-order valence-electron chi connectivity index (χ4n) is 3.00. The first-order chi connectivity index (χ1) is 14.5. The quantitative estimate of drug-likeness (QED) is 0.445. The molecule has 162 valence electrons. The number of hydrogen-bond donors (Lipinski definition) is 1. The average Bonchev–Trinajstić information content (AvgIpc) is 3.13. The molecule has 30 heavy (non-hydrogen) atoms. The first-order valence-corrected chi connectivity index (χ1v) is 11.4. The lowest BCUT2D eigenvalue weighted by molar-refractivity contribution is -0.132. The fourth-order valence-corrected chi connectivity index (χ4v) is 4.50. The third-order valence-electron chi connectivity index (χ3n) is 4.32. The molecule has 0 atom stereocenters. The highest BCUT2D eigenvalue weighted by molar-refractivity contribution is 9.11. The molecule has 0 aliphatic rings. The highest BCUT2D eigenvalue weighted by Crippen LogP contribution is 2.24. The SMILES string of the molecule is C=CCN(Cc1ccc(Br)s1)C(=O)CN(CCC)CC(=O)Nc1ccccc1OC. The second-order valence-electron chi connectivity index (χ2n) is 6.73. The maximum atomic E-state index is 12.9. The van der Waals surface area contributed by atoms with Crippen LogP contribution in [0.5, 0.6) is 5.75 Å². The van der Waals surface area contributed by atoms with Crippen LogP contribution >= 0.6 is 27.3 Å². The number of amides is 2. The minimum absolute atomic E-state index is 0.0297. The smallest absolute Gasteiger partial charge is 0.238 e. The van der Waals surface area contributed by atoms with E-state index in [2.05, 4.69) is 27.8 Å². The predicted octanol–water partition coefficient (Wildman–Crippen LogP) is 4.38. The van der Waals surface area contributed by atoms with Crippen LogP contribution in [-0.2, 0) is 16.1 Å². The van der Waals surface area contributed by atoms with Crippen LogP contribution in [0.2, 0.25) is 0 Å². The molecule has 0 aliphatic carbocycles. The molecule has 0 saturated heterocycles. The Morgan fingerprint density at radius 3 is 2.63 bits per heavy atom. The molecule has 0 radical (unpaired) electrons. The summed E-state index contributed by atoms with van der Waals surface area (Å²) >= 11 is 5.06. The van der Waals surface area contributed by atoms with Crippen molar-refractivity contribution in [2.75, 3.05) is 38.6 Å². The number of nitrogens with one attached hydrogen (secondary N) is 1. The molecule has 8 heteroatoms. The van der Waals surface area contributed by atoms with Gasteiger partial charge in [0.1, 0.15) is 5.75 Å². The Bertz CT molecular complexity index is 856. The lowest BCUT2D eigenvalue weighted by Gasteiger charge is -2.26. The van der Waals surface area contributed by atoms with E-state index in [1.54, 1.807) is 41.6 Å². The molecule has 2 aromatic rings. The molecule has 6 nitrogen and oxygen atoms in total. The maximum absolute atomic E-state index is 12.9. The van der Waals surface area contributed by atoms with Crippen LogP contribution in [0.3, 0.4) is 0 Å². The number of hydrogen-bond acceptors (Lipinski definition) is 5. The molecular formula is C22H28BrN3O3S. The number of para-hydroxylation sites is 2. The number of nitrogens with zero attached hydrogens (tertiary/aromatic N) is 2. The van der Waals surface area contributed by atoms with Crippen LogP contribution in [0.15, 0.2) is 52.8 Å². The number of carbonyl (C=O) groups is 2. The molecule has 0 aliphatic heterocycles. The van der Waals surface area contributed by atoms with Gasteiger partial charge in [0.2, 0.25) is 11.8 Å². The standard InChI is InChI=1S/C22H28BrN3O3S/c1-4-12-25(15-21(27)24-18-8-6-7-9-19(18)29-3)16-22(28)26(13-5-2)14-17-10-11-20(23)30-17/h5-11H,2,4,12-16H2,1,3H3,(H,24,27). The van der Waals surface area contributed by atoms with Gasteiger partial charge in [-0.25, -0.2) is 0 Å². The summed E-state index contributed by atoms with van der Waals surface area (Å²) in [6.45, 7) is 7.73. The van der Waals surface area contributed by atoms with E-state index in [9.17, 15) is 9.59 Å². The van der Waals surface area contributed by atoms with Crippen molar-refractivity contribution in [1.82, 2.24) is 9.80 Å². The van der Waals surface area contributed by atoms with Gasteiger partial charge in [-0.2, -0.15) is 0 Å². The van der Waals surface area contributed by atoms with E-state index in [-0.39, 0.29) is 24.9 Å². The zero-order valence-electron chi connectivity index (χ0n) is 17.4. The van der Waals surface area contributed by atoms with Crippen LogP contribution in [0.1, 0.15) is 18.2 Å². The van der Waals surface area contributed by atoms with Gasteiger partial charge in [-0.15, -0.1) is 17.9 Å². The second kappa shape index (κ2) is 12.5. The van der Waals surface area contributed by atoms with Gasteiger partial charge in [-0.1, -0.05) is 25.1 Å². The van der Waals surface area contributed by atoms with Crippen molar-refractivity contribution in [3.05, 3.63) is 57.7 Å². The largest absolute Gasteiger partial charge is 0.495 e. The molecule has 1 aromatic carbocycles. The Hall–Kier alpha value is -2.16. The van der Waals surface area contributed by atoms with E-state index >= 15 is 0 Å². The van der Waals surface area contributed by atoms with E-state index in [4.69, 9.17) is 4.74 Å². The minimum Gasteiger partial charge on any atom is -0.495 e. The van der Waals surface area contributed by atoms with Crippen LogP contribution in [0.4, 0.5) is 5.69 Å². The zero-order chi connectivity index (χ0) is 21.9. The van der Waals surface area contributed by atoms with Crippen molar-refractivity contribution < 1.29 is 14.3 Å². The summed E-state index contributed by atoms with van der Waals surface area (Å²) in [7, 11) is 1.56. The third-order valence-corrected chi connectivity index (χ3v) is 5.93. The molecule has 2 amide bonds. The Morgan fingerprint density at radius 2 is 2.00 bits per heavy atom. The van der Waals surface area contributed by atoms with Gasteiger partial charge in [0, 0.05) is 11.4 Å². The lowest BCUT2D eigenvalue weighted by atomic mass is 10.3. The van der Waals surface area contributed by atoms with E-state index in [1.807, 2.05) is 36.1 Å². The molecule has 0 unspecified atom stereocenters. The summed E-state index contributed by atoms with van der Waals surface area (Å²) in [6.07, 6.45) is 2.56. The Kier molecular flexibility index (Phi) is 10.1. The number of halogens is 1. The summed E-state index contributed by atoms with van der Waals surface area (Å²) in [6, 6.07) is 11.2. The Morgan fingerprint density at radius 1 is 1.23 bits per heavy atom. The van der Waals surface area contributed by atoms with Crippen LogP contribution in [-0.4, -0.2) is 54.9 Å². The Labute approximate surface area is 190 Å². The first kappa shape index (κ1) is 24.1. The average molecular weight is 494 g/mol. The van der Waals surface area contributed by atoms with Gasteiger partial charge in [0.25, 0.3) is 0 Å². The Balaban J connectivity index is 2.00. The van der Waals surface area contributed by atoms with Crippen molar-refractivity contribution in [3.63, 3.8) is 0 Å². The van der Waals surface area contributed by atoms with Gasteiger partial charge < -0.3 is 15.0 Å². The number of rotatable bonds is 12. The van der Waals surface area contributed by atoms with E-state index in [0.29, 0.717) is 31.1 Å². The minimum atomic E-state index is -0.182. The molecule has 1 aromatic heterocycles. The van der Waals surface area contributed by atoms with Crippen molar-refractivity contribution >= 4 is 44.8 Å². The van der Waals surface area contributed by atoms with Gasteiger partial charge in [0.15, 0.2) is 0 Å². The number of thiophene rings is 1. The summed E-state index contributed by atoms with van der Waals surface area (Å²) in [5.41, 5.74) is 0.615. The summed E-state index contributed by atoms with van der Waals surface area (Å²) in [5, 5.41) is 2.87. The molecule has 1 heterocycles. The van der Waals surface area contributed by atoms with Gasteiger partial charge in [-0.3, -0.25) is 14.5 Å². The fraction of sp³-hybridized carbons (Fsp3) is 0.364.